The Bertz CT molecular complexity index is 405. The molecule has 1 saturated carbocycles. The Kier molecular flexibility index (Phi) is 3.66. The van der Waals surface area contributed by atoms with Crippen LogP contribution in [-0.4, -0.2) is 31.7 Å². The molecule has 0 bridgehead atoms. The van der Waals surface area contributed by atoms with Crippen molar-refractivity contribution >= 4 is 22.4 Å². The van der Waals surface area contributed by atoms with E-state index >= 15 is 0 Å². The average molecular weight is 254 g/mol. The van der Waals surface area contributed by atoms with Crippen LogP contribution in [0.2, 0.25) is 0 Å². The van der Waals surface area contributed by atoms with Gasteiger partial charge in [-0.15, -0.1) is 11.3 Å². The molecule has 1 aliphatic rings. The van der Waals surface area contributed by atoms with Crippen molar-refractivity contribution in [2.45, 2.75) is 19.8 Å². The minimum Gasteiger partial charge on any atom is -0.469 e. The number of hydrogen-bond acceptors (Lipinski definition) is 5. The van der Waals surface area contributed by atoms with Crippen molar-refractivity contribution in [1.82, 2.24) is 4.98 Å². The Morgan fingerprint density at radius 3 is 3.00 bits per heavy atom. The van der Waals surface area contributed by atoms with Crippen LogP contribution in [0.1, 0.15) is 19.0 Å². The molecule has 0 radical (unpaired) electrons. The normalized spacial score (nSPS) is 22.3. The molecule has 1 aromatic rings. The summed E-state index contributed by atoms with van der Waals surface area (Å²) in [5, 5.41) is 2.92. The maximum atomic E-state index is 11.1. The van der Waals surface area contributed by atoms with Crippen LogP contribution in [0, 0.1) is 11.8 Å². The van der Waals surface area contributed by atoms with Crippen LogP contribution in [0.3, 0.4) is 0 Å². The molecule has 0 aromatic carbocycles. The number of nitrogens with zero attached hydrogens (tertiary/aromatic N) is 2. The van der Waals surface area contributed by atoms with E-state index < -0.39 is 0 Å². The molecule has 1 aliphatic carbocycles. The van der Waals surface area contributed by atoms with E-state index in [4.69, 9.17) is 0 Å². The summed E-state index contributed by atoms with van der Waals surface area (Å²) in [5.74, 6) is 1.43. The van der Waals surface area contributed by atoms with E-state index in [1.165, 1.54) is 13.5 Å². The minimum absolute atomic E-state index is 0.236. The van der Waals surface area contributed by atoms with E-state index in [0.29, 0.717) is 0 Å². The quantitative estimate of drug-likeness (QED) is 0.753. The molecule has 2 rings (SSSR count). The van der Waals surface area contributed by atoms with Gasteiger partial charge in [-0.1, -0.05) is 6.92 Å². The summed E-state index contributed by atoms with van der Waals surface area (Å²) >= 11 is 1.59. The number of ether oxygens (including phenoxy) is 1. The van der Waals surface area contributed by atoms with Crippen LogP contribution in [0.15, 0.2) is 5.38 Å². The Morgan fingerprint density at radius 2 is 2.41 bits per heavy atom. The van der Waals surface area contributed by atoms with E-state index in [0.717, 1.165) is 29.2 Å². The molecule has 17 heavy (non-hydrogen) atoms. The van der Waals surface area contributed by atoms with Gasteiger partial charge in [-0.25, -0.2) is 4.98 Å². The number of aromatic nitrogens is 1. The standard InChI is InChI=1S/C12H18N2O2S/c1-8-4-9(8)6-14(2)12-13-10(7-17-12)5-11(15)16-3/h7-9H,4-6H2,1-3H3. The second-order valence-electron chi connectivity index (χ2n) is 4.73. The average Bonchev–Trinajstić information content (AvgIpc) is 2.81. The molecule has 5 heteroatoms. The van der Waals surface area contributed by atoms with Gasteiger partial charge in [-0.3, -0.25) is 4.79 Å². The summed E-state index contributed by atoms with van der Waals surface area (Å²) in [6, 6.07) is 0. The van der Waals surface area contributed by atoms with E-state index in [9.17, 15) is 4.79 Å². The predicted molar refractivity (Wildman–Crippen MR) is 68.4 cm³/mol. The van der Waals surface area contributed by atoms with Crippen molar-refractivity contribution < 1.29 is 9.53 Å². The molecule has 0 aliphatic heterocycles. The lowest BCUT2D eigenvalue weighted by molar-refractivity contribution is -0.139. The van der Waals surface area contributed by atoms with Gasteiger partial charge < -0.3 is 9.64 Å². The Balaban J connectivity index is 1.90. The number of hydrogen-bond donors (Lipinski definition) is 0. The van der Waals surface area contributed by atoms with Gasteiger partial charge >= 0.3 is 5.97 Å². The molecule has 0 amide bonds. The topological polar surface area (TPSA) is 42.4 Å². The lowest BCUT2D eigenvalue weighted by Crippen LogP contribution is -2.20. The van der Waals surface area contributed by atoms with Gasteiger partial charge in [0.25, 0.3) is 0 Å². The molecule has 1 aromatic heterocycles. The first-order valence-electron chi connectivity index (χ1n) is 5.82. The summed E-state index contributed by atoms with van der Waals surface area (Å²) in [6.07, 6.45) is 1.59. The molecule has 1 heterocycles. The Hall–Kier alpha value is -1.10. The highest BCUT2D eigenvalue weighted by Crippen LogP contribution is 2.38. The summed E-state index contributed by atoms with van der Waals surface area (Å²) in [7, 11) is 3.46. The van der Waals surface area contributed by atoms with Gasteiger partial charge in [0, 0.05) is 19.0 Å². The largest absolute Gasteiger partial charge is 0.469 e. The predicted octanol–water partition coefficient (Wildman–Crippen LogP) is 1.95. The second-order valence-corrected chi connectivity index (χ2v) is 5.56. The summed E-state index contributed by atoms with van der Waals surface area (Å²) in [5.41, 5.74) is 0.799. The van der Waals surface area contributed by atoms with Gasteiger partial charge in [0.1, 0.15) is 0 Å². The fourth-order valence-corrected chi connectivity index (χ4v) is 2.66. The second kappa shape index (κ2) is 5.04. The van der Waals surface area contributed by atoms with Gasteiger partial charge in [-0.2, -0.15) is 0 Å². The zero-order valence-corrected chi connectivity index (χ0v) is 11.3. The molecule has 1 fully saturated rings. The first-order chi connectivity index (χ1) is 8.10. The molecule has 0 N–H and O–H groups in total. The van der Waals surface area contributed by atoms with Crippen molar-refractivity contribution in [3.63, 3.8) is 0 Å². The number of anilines is 1. The number of carbonyl (C=O) groups is 1. The first-order valence-corrected chi connectivity index (χ1v) is 6.70. The maximum absolute atomic E-state index is 11.1. The number of rotatable bonds is 5. The highest BCUT2D eigenvalue weighted by molar-refractivity contribution is 7.13. The van der Waals surface area contributed by atoms with Crippen molar-refractivity contribution in [3.8, 4) is 0 Å². The van der Waals surface area contributed by atoms with E-state index in [1.807, 2.05) is 5.38 Å². The monoisotopic (exact) mass is 254 g/mol. The molecule has 94 valence electrons. The lowest BCUT2D eigenvalue weighted by Gasteiger charge is -2.14. The molecule has 2 atom stereocenters. The smallest absolute Gasteiger partial charge is 0.311 e. The van der Waals surface area contributed by atoms with Crippen LogP contribution >= 0.6 is 11.3 Å². The summed E-state index contributed by atoms with van der Waals surface area (Å²) in [6.45, 7) is 3.34. The van der Waals surface area contributed by atoms with Crippen LogP contribution in [0.4, 0.5) is 5.13 Å². The van der Waals surface area contributed by atoms with Crippen molar-refractivity contribution in [1.29, 1.82) is 0 Å². The van der Waals surface area contributed by atoms with Gasteiger partial charge in [0.2, 0.25) is 0 Å². The SMILES string of the molecule is COC(=O)Cc1csc(N(C)CC2CC2C)n1. The van der Waals surface area contributed by atoms with Crippen molar-refractivity contribution in [2.75, 3.05) is 25.6 Å². The molecular formula is C12H18N2O2S. The fraction of sp³-hybridized carbons (Fsp3) is 0.667. The first kappa shape index (κ1) is 12.4. The van der Waals surface area contributed by atoms with E-state index in [2.05, 4.69) is 28.6 Å². The maximum Gasteiger partial charge on any atom is 0.311 e. The van der Waals surface area contributed by atoms with Crippen LogP contribution in [0.25, 0.3) is 0 Å². The van der Waals surface area contributed by atoms with E-state index in [-0.39, 0.29) is 12.4 Å². The van der Waals surface area contributed by atoms with Crippen LogP contribution in [0.5, 0.6) is 0 Å². The summed E-state index contributed by atoms with van der Waals surface area (Å²) < 4.78 is 4.62. The molecule has 2 unspecified atom stereocenters. The van der Waals surface area contributed by atoms with Gasteiger partial charge in [0.15, 0.2) is 5.13 Å². The highest BCUT2D eigenvalue weighted by Gasteiger charge is 2.33. The van der Waals surface area contributed by atoms with Gasteiger partial charge in [-0.05, 0) is 18.3 Å². The highest BCUT2D eigenvalue weighted by atomic mass is 32.1. The zero-order chi connectivity index (χ0) is 12.4. The van der Waals surface area contributed by atoms with Crippen LogP contribution < -0.4 is 4.90 Å². The Labute approximate surface area is 106 Å². The van der Waals surface area contributed by atoms with Gasteiger partial charge in [0.05, 0.1) is 19.2 Å². The third kappa shape index (κ3) is 3.19. The third-order valence-corrected chi connectivity index (χ3v) is 4.21. The fourth-order valence-electron chi connectivity index (χ4n) is 1.86. The molecule has 0 saturated heterocycles. The number of carbonyl (C=O) groups excluding carboxylic acids is 1. The number of thiazole rings is 1. The minimum atomic E-state index is -0.236. The molecular weight excluding hydrogens is 236 g/mol. The zero-order valence-electron chi connectivity index (χ0n) is 10.5. The summed E-state index contributed by atoms with van der Waals surface area (Å²) in [4.78, 5) is 17.7. The number of methoxy groups -OCH3 is 1. The molecule has 4 nitrogen and oxygen atoms in total. The van der Waals surface area contributed by atoms with E-state index in [1.54, 1.807) is 11.3 Å². The van der Waals surface area contributed by atoms with Crippen LogP contribution in [-0.2, 0) is 16.0 Å². The third-order valence-electron chi connectivity index (χ3n) is 3.20. The van der Waals surface area contributed by atoms with Crippen molar-refractivity contribution in [3.05, 3.63) is 11.1 Å². The van der Waals surface area contributed by atoms with Crippen molar-refractivity contribution in [2.24, 2.45) is 11.8 Å². The molecule has 0 spiro atoms. The lowest BCUT2D eigenvalue weighted by atomic mass is 10.3. The Morgan fingerprint density at radius 1 is 1.71 bits per heavy atom. The number of esters is 1.